The van der Waals surface area contributed by atoms with E-state index in [1.54, 1.807) is 6.92 Å². The third-order valence-electron chi connectivity index (χ3n) is 2.60. The summed E-state index contributed by atoms with van der Waals surface area (Å²) < 4.78 is 60.0. The second kappa shape index (κ2) is 6.73. The maximum Gasteiger partial charge on any atom is 0.501 e. The number of anilines is 1. The summed E-state index contributed by atoms with van der Waals surface area (Å²) in [5.41, 5.74) is -6.27. The van der Waals surface area contributed by atoms with Crippen LogP contribution in [0, 0.1) is 10.1 Å². The minimum absolute atomic E-state index is 0.0346. The van der Waals surface area contributed by atoms with Gasteiger partial charge in [0.05, 0.1) is 9.82 Å². The summed E-state index contributed by atoms with van der Waals surface area (Å²) in [6, 6.07) is 1.90. The van der Waals surface area contributed by atoms with Gasteiger partial charge in [0.25, 0.3) is 15.5 Å². The number of nitro groups is 1. The Morgan fingerprint density at radius 3 is 2.45 bits per heavy atom. The van der Waals surface area contributed by atoms with Crippen molar-refractivity contribution in [1.29, 1.82) is 0 Å². The molecule has 1 atom stereocenters. The maximum atomic E-state index is 12.5. The fourth-order valence-corrected chi connectivity index (χ4v) is 3.01. The van der Waals surface area contributed by atoms with Gasteiger partial charge in [-0.1, -0.05) is 0 Å². The lowest BCUT2D eigenvalue weighted by molar-refractivity contribution is -0.384. The second-order valence-corrected chi connectivity index (χ2v) is 7.24. The number of benzene rings is 1. The summed E-state index contributed by atoms with van der Waals surface area (Å²) in [6.07, 6.45) is 1.82. The number of thioether (sulfide) groups is 1. The lowest BCUT2D eigenvalue weighted by Crippen LogP contribution is -2.23. The summed E-state index contributed by atoms with van der Waals surface area (Å²) in [7, 11) is -5.62. The molecule has 22 heavy (non-hydrogen) atoms. The molecule has 0 aliphatic carbocycles. The predicted molar refractivity (Wildman–Crippen MR) is 77.8 cm³/mol. The highest BCUT2D eigenvalue weighted by molar-refractivity contribution is 7.98. The molecule has 0 bridgehead atoms. The van der Waals surface area contributed by atoms with Crippen molar-refractivity contribution in [3.8, 4) is 0 Å². The topological polar surface area (TPSA) is 89.3 Å². The molecule has 1 aromatic rings. The molecule has 1 N–H and O–H groups in total. The third-order valence-corrected chi connectivity index (χ3v) is 4.92. The van der Waals surface area contributed by atoms with Gasteiger partial charge in [0.15, 0.2) is 0 Å². The van der Waals surface area contributed by atoms with Crippen molar-refractivity contribution in [3.63, 3.8) is 0 Å². The predicted octanol–water partition coefficient (Wildman–Crippen LogP) is 3.05. The van der Waals surface area contributed by atoms with Gasteiger partial charge < -0.3 is 5.32 Å². The molecule has 11 heteroatoms. The first kappa shape index (κ1) is 18.6. The molecule has 0 saturated carbocycles. The normalized spacial score (nSPS) is 13.7. The molecule has 124 valence electrons. The van der Waals surface area contributed by atoms with Crippen LogP contribution in [-0.2, 0) is 9.84 Å². The first-order valence-electron chi connectivity index (χ1n) is 5.86. The number of nitro benzene ring substituents is 1. The van der Waals surface area contributed by atoms with Crippen LogP contribution in [0.25, 0.3) is 0 Å². The molecule has 0 amide bonds. The van der Waals surface area contributed by atoms with Crippen LogP contribution in [0.2, 0.25) is 0 Å². The van der Waals surface area contributed by atoms with Gasteiger partial charge in [-0.3, -0.25) is 10.1 Å². The quantitative estimate of drug-likeness (QED) is 0.621. The van der Waals surface area contributed by atoms with E-state index in [0.717, 1.165) is 6.07 Å². The number of sulfone groups is 1. The van der Waals surface area contributed by atoms with E-state index in [4.69, 9.17) is 0 Å². The molecule has 0 saturated heterocycles. The molecule has 6 nitrogen and oxygen atoms in total. The summed E-state index contributed by atoms with van der Waals surface area (Å²) in [5.74, 6) is 0.611. The smallest absolute Gasteiger partial charge is 0.376 e. The Balaban J connectivity index is 3.30. The maximum absolute atomic E-state index is 12.5. The Morgan fingerprint density at radius 1 is 1.41 bits per heavy atom. The number of halogens is 3. The van der Waals surface area contributed by atoms with Gasteiger partial charge in [0.2, 0.25) is 0 Å². The van der Waals surface area contributed by atoms with E-state index in [0.29, 0.717) is 17.9 Å². The molecule has 0 heterocycles. The zero-order chi connectivity index (χ0) is 17.1. The van der Waals surface area contributed by atoms with Gasteiger partial charge in [0.1, 0.15) is 5.69 Å². The first-order chi connectivity index (χ1) is 10.0. The largest absolute Gasteiger partial charge is 0.501 e. The Morgan fingerprint density at radius 2 is 2.00 bits per heavy atom. The van der Waals surface area contributed by atoms with Gasteiger partial charge in [-0.05, 0) is 25.3 Å². The number of rotatable bonds is 6. The highest BCUT2D eigenvalue weighted by atomic mass is 32.2. The molecule has 1 rings (SSSR count). The van der Waals surface area contributed by atoms with Gasteiger partial charge in [-0.15, -0.1) is 0 Å². The molecule has 0 aliphatic rings. The van der Waals surface area contributed by atoms with Crippen molar-refractivity contribution in [2.45, 2.75) is 23.4 Å². The summed E-state index contributed by atoms with van der Waals surface area (Å²) in [5, 5.41) is 13.7. The monoisotopic (exact) mass is 358 g/mol. The Hall–Kier alpha value is -1.49. The molecule has 1 aromatic carbocycles. The molecule has 0 aromatic heterocycles. The Kier molecular flexibility index (Phi) is 5.68. The number of nitrogens with one attached hydrogen (secondary N) is 1. The highest BCUT2D eigenvalue weighted by Crippen LogP contribution is 2.34. The third kappa shape index (κ3) is 4.03. The van der Waals surface area contributed by atoms with Crippen LogP contribution in [-0.4, -0.2) is 36.9 Å². The van der Waals surface area contributed by atoms with Gasteiger partial charge in [-0.2, -0.15) is 24.9 Å². The van der Waals surface area contributed by atoms with Crippen LogP contribution in [0.5, 0.6) is 0 Å². The number of alkyl halides is 3. The van der Waals surface area contributed by atoms with Crippen molar-refractivity contribution in [2.75, 3.05) is 17.3 Å². The average molecular weight is 358 g/mol. The zero-order valence-electron chi connectivity index (χ0n) is 11.5. The Bertz CT molecular complexity index is 662. The number of nitrogens with zero attached hydrogens (tertiary/aromatic N) is 1. The summed E-state index contributed by atoms with van der Waals surface area (Å²) in [6.45, 7) is 1.74. The van der Waals surface area contributed by atoms with Crippen LogP contribution in [0.15, 0.2) is 23.1 Å². The minimum atomic E-state index is -5.62. The minimum Gasteiger partial charge on any atom is -0.376 e. The summed E-state index contributed by atoms with van der Waals surface area (Å²) >= 11 is 1.48. The fraction of sp³-hybridized carbons (Fsp3) is 0.455. The van der Waals surface area contributed by atoms with Crippen LogP contribution >= 0.6 is 11.8 Å². The van der Waals surface area contributed by atoms with Crippen LogP contribution < -0.4 is 5.32 Å². The second-order valence-electron chi connectivity index (χ2n) is 4.39. The molecule has 0 spiro atoms. The van der Waals surface area contributed by atoms with E-state index in [9.17, 15) is 31.7 Å². The molecule has 0 aliphatic heterocycles. The zero-order valence-corrected chi connectivity index (χ0v) is 13.2. The molecule has 0 radical (unpaired) electrons. The molecule has 1 unspecified atom stereocenters. The van der Waals surface area contributed by atoms with Crippen molar-refractivity contribution in [1.82, 2.24) is 0 Å². The number of hydrogen-bond donors (Lipinski definition) is 1. The van der Waals surface area contributed by atoms with Crippen LogP contribution in [0.1, 0.15) is 6.92 Å². The highest BCUT2D eigenvalue weighted by Gasteiger charge is 2.47. The van der Waals surface area contributed by atoms with Crippen LogP contribution in [0.4, 0.5) is 24.5 Å². The fourth-order valence-electron chi connectivity index (χ4n) is 1.64. The van der Waals surface area contributed by atoms with Gasteiger partial charge in [-0.25, -0.2) is 8.42 Å². The van der Waals surface area contributed by atoms with Gasteiger partial charge >= 0.3 is 5.51 Å². The van der Waals surface area contributed by atoms with E-state index in [-0.39, 0.29) is 11.7 Å². The summed E-state index contributed by atoms with van der Waals surface area (Å²) in [4.78, 5) is 8.89. The van der Waals surface area contributed by atoms with Crippen LogP contribution in [0.3, 0.4) is 0 Å². The lowest BCUT2D eigenvalue weighted by atomic mass is 10.2. The van der Waals surface area contributed by atoms with E-state index >= 15 is 0 Å². The van der Waals surface area contributed by atoms with E-state index in [1.165, 1.54) is 11.8 Å². The van der Waals surface area contributed by atoms with E-state index in [2.05, 4.69) is 5.32 Å². The average Bonchev–Trinajstić information content (AvgIpc) is 2.37. The molecular weight excluding hydrogens is 345 g/mol. The van der Waals surface area contributed by atoms with Gasteiger partial charge in [0, 0.05) is 17.9 Å². The Labute approximate surface area is 129 Å². The first-order valence-corrected chi connectivity index (χ1v) is 8.73. The lowest BCUT2D eigenvalue weighted by Gasteiger charge is -2.15. The van der Waals surface area contributed by atoms with E-state index < -0.39 is 30.9 Å². The van der Waals surface area contributed by atoms with E-state index in [1.807, 2.05) is 6.26 Å². The molecule has 0 fully saturated rings. The van der Waals surface area contributed by atoms with Crippen molar-refractivity contribution >= 4 is 33.0 Å². The van der Waals surface area contributed by atoms with Crippen molar-refractivity contribution in [3.05, 3.63) is 28.3 Å². The van der Waals surface area contributed by atoms with Crippen molar-refractivity contribution < 1.29 is 26.5 Å². The SMILES string of the molecule is CSCC(C)Nc1ccc(S(=O)(=O)C(F)(F)F)cc1[N+](=O)[O-]. The molecular formula is C11H13F3N2O4S2. The standard InChI is InChI=1S/C11H13F3N2O4S2/c1-7(6-21-2)15-9-4-3-8(5-10(9)16(17)18)22(19,20)11(12,13)14/h3-5,7,15H,6H2,1-2H3. The number of hydrogen-bond acceptors (Lipinski definition) is 6. The van der Waals surface area contributed by atoms with Crippen molar-refractivity contribution in [2.24, 2.45) is 0 Å².